The van der Waals surface area contributed by atoms with Crippen LogP contribution in [0.2, 0.25) is 0 Å². The first-order valence-corrected chi connectivity index (χ1v) is 9.10. The van der Waals surface area contributed by atoms with Gasteiger partial charge in [-0.15, -0.1) is 0 Å². The molecular weight excluding hydrogens is 338 g/mol. The van der Waals surface area contributed by atoms with Crippen LogP contribution in [0.25, 0.3) is 0 Å². The van der Waals surface area contributed by atoms with Gasteiger partial charge in [0.2, 0.25) is 11.8 Å². The van der Waals surface area contributed by atoms with E-state index in [2.05, 4.69) is 5.32 Å². The number of amides is 2. The lowest BCUT2D eigenvalue weighted by Gasteiger charge is -2.22. The fourth-order valence-corrected chi connectivity index (χ4v) is 2.90. The highest BCUT2D eigenvalue weighted by atomic mass is 16.2. The minimum Gasteiger partial charge on any atom is -0.340 e. The molecule has 0 aromatic heterocycles. The monoisotopic (exact) mass is 367 g/mol. The molecule has 0 radical (unpaired) electrons. The van der Waals surface area contributed by atoms with Crippen LogP contribution in [0, 0.1) is 20.8 Å². The summed E-state index contributed by atoms with van der Waals surface area (Å²) in [5.41, 5.74) is 5.19. The number of carbonyl (C=O) groups excluding carboxylic acids is 2. The number of carbonyl (C=O) groups is 2. The average Bonchev–Trinajstić information content (AvgIpc) is 2.60. The molecule has 2 amide bonds. The van der Waals surface area contributed by atoms with Crippen molar-refractivity contribution in [3.05, 3.63) is 64.7 Å². The zero-order valence-electron chi connectivity index (χ0n) is 16.9. The Bertz CT molecular complexity index is 779. The van der Waals surface area contributed by atoms with Crippen LogP contribution in [-0.2, 0) is 16.1 Å². The Morgan fingerprint density at radius 1 is 0.889 bits per heavy atom. The molecule has 0 fully saturated rings. The number of hydrogen-bond acceptors (Lipinski definition) is 3. The predicted molar refractivity (Wildman–Crippen MR) is 110 cm³/mol. The van der Waals surface area contributed by atoms with Crippen LogP contribution in [0.5, 0.6) is 0 Å². The minimum absolute atomic E-state index is 0.0158. The molecule has 27 heavy (non-hydrogen) atoms. The van der Waals surface area contributed by atoms with Crippen LogP contribution in [0.1, 0.15) is 22.3 Å². The molecule has 0 aliphatic heterocycles. The molecule has 0 spiro atoms. The van der Waals surface area contributed by atoms with Gasteiger partial charge in [-0.2, -0.15) is 0 Å². The van der Waals surface area contributed by atoms with Crippen LogP contribution in [0.15, 0.2) is 42.5 Å². The highest BCUT2D eigenvalue weighted by Gasteiger charge is 2.15. The zero-order chi connectivity index (χ0) is 20.0. The fourth-order valence-electron chi connectivity index (χ4n) is 2.90. The average molecular weight is 367 g/mol. The molecule has 5 heteroatoms. The summed E-state index contributed by atoms with van der Waals surface area (Å²) in [6.07, 6.45) is 0. The highest BCUT2D eigenvalue weighted by Crippen LogP contribution is 2.19. The van der Waals surface area contributed by atoms with Gasteiger partial charge in [0.05, 0.1) is 13.1 Å². The summed E-state index contributed by atoms with van der Waals surface area (Å²) in [6.45, 7) is 6.89. The van der Waals surface area contributed by atoms with E-state index < -0.39 is 0 Å². The van der Waals surface area contributed by atoms with Crippen molar-refractivity contribution in [1.82, 2.24) is 9.80 Å². The van der Waals surface area contributed by atoms with Crippen LogP contribution in [-0.4, -0.2) is 48.8 Å². The normalized spacial score (nSPS) is 10.7. The molecule has 144 valence electrons. The van der Waals surface area contributed by atoms with E-state index in [1.54, 1.807) is 23.9 Å². The summed E-state index contributed by atoms with van der Waals surface area (Å²) in [4.78, 5) is 28.2. The number of para-hydroxylation sites is 1. The van der Waals surface area contributed by atoms with Crippen molar-refractivity contribution in [2.45, 2.75) is 27.3 Å². The van der Waals surface area contributed by atoms with Crippen LogP contribution >= 0.6 is 0 Å². The number of aryl methyl sites for hydroxylation is 3. The van der Waals surface area contributed by atoms with Gasteiger partial charge in [-0.25, -0.2) is 0 Å². The maximum atomic E-state index is 12.4. The summed E-state index contributed by atoms with van der Waals surface area (Å²) in [6, 6.07) is 14.0. The van der Waals surface area contributed by atoms with Crippen molar-refractivity contribution >= 4 is 17.5 Å². The Morgan fingerprint density at radius 3 is 2.07 bits per heavy atom. The number of anilines is 1. The van der Waals surface area contributed by atoms with E-state index in [9.17, 15) is 9.59 Å². The van der Waals surface area contributed by atoms with Crippen molar-refractivity contribution in [3.8, 4) is 0 Å². The molecule has 5 nitrogen and oxygen atoms in total. The lowest BCUT2D eigenvalue weighted by molar-refractivity contribution is -0.131. The van der Waals surface area contributed by atoms with Gasteiger partial charge in [0.25, 0.3) is 0 Å². The molecule has 0 bridgehead atoms. The van der Waals surface area contributed by atoms with E-state index >= 15 is 0 Å². The number of likely N-dealkylation sites (N-methyl/N-ethyl adjacent to an activating group) is 2. The van der Waals surface area contributed by atoms with Crippen molar-refractivity contribution in [3.63, 3.8) is 0 Å². The summed E-state index contributed by atoms with van der Waals surface area (Å²) in [5.74, 6) is -0.137. The number of rotatable bonds is 7. The van der Waals surface area contributed by atoms with Gasteiger partial charge in [0.15, 0.2) is 0 Å². The summed E-state index contributed by atoms with van der Waals surface area (Å²) in [7, 11) is 3.56. The zero-order valence-corrected chi connectivity index (χ0v) is 16.9. The molecule has 0 heterocycles. The van der Waals surface area contributed by atoms with Gasteiger partial charge in [-0.3, -0.25) is 14.5 Å². The Morgan fingerprint density at radius 2 is 1.48 bits per heavy atom. The largest absolute Gasteiger partial charge is 0.340 e. The molecule has 0 atom stereocenters. The highest BCUT2D eigenvalue weighted by molar-refractivity contribution is 5.94. The smallest absolute Gasteiger partial charge is 0.238 e. The third kappa shape index (κ3) is 6.22. The van der Waals surface area contributed by atoms with Crippen molar-refractivity contribution in [2.75, 3.05) is 32.5 Å². The second kappa shape index (κ2) is 9.33. The standard InChI is InChI=1S/C22H29N3O2/c1-16-9-11-19(12-10-16)13-25(5)21(27)15-24(4)14-20(26)23-22-17(2)7-6-8-18(22)3/h6-12H,13-15H2,1-5H3,(H,23,26). The maximum absolute atomic E-state index is 12.4. The van der Waals surface area contributed by atoms with Gasteiger partial charge < -0.3 is 10.2 Å². The third-order valence-corrected chi connectivity index (χ3v) is 4.53. The van der Waals surface area contributed by atoms with E-state index in [4.69, 9.17) is 0 Å². The number of nitrogens with one attached hydrogen (secondary N) is 1. The fraction of sp³-hybridized carbons (Fsp3) is 0.364. The molecule has 0 unspecified atom stereocenters. The number of nitrogens with zero attached hydrogens (tertiary/aromatic N) is 2. The lowest BCUT2D eigenvalue weighted by Crippen LogP contribution is -2.39. The van der Waals surface area contributed by atoms with E-state index in [0.717, 1.165) is 22.4 Å². The predicted octanol–water partition coefficient (Wildman–Crippen LogP) is 3.14. The number of hydrogen-bond donors (Lipinski definition) is 1. The maximum Gasteiger partial charge on any atom is 0.238 e. The van der Waals surface area contributed by atoms with Gasteiger partial charge >= 0.3 is 0 Å². The molecule has 2 rings (SSSR count). The SMILES string of the molecule is Cc1ccc(CN(C)C(=O)CN(C)CC(=O)Nc2c(C)cccc2C)cc1. The third-order valence-electron chi connectivity index (χ3n) is 4.53. The van der Waals surface area contributed by atoms with Crippen molar-refractivity contribution < 1.29 is 9.59 Å². The Balaban J connectivity index is 1.84. The molecule has 0 saturated carbocycles. The first kappa shape index (κ1) is 20.6. The first-order valence-electron chi connectivity index (χ1n) is 9.10. The van der Waals surface area contributed by atoms with Gasteiger partial charge in [-0.05, 0) is 44.5 Å². The van der Waals surface area contributed by atoms with Crippen molar-refractivity contribution in [2.24, 2.45) is 0 Å². The summed E-state index contributed by atoms with van der Waals surface area (Å²) >= 11 is 0. The summed E-state index contributed by atoms with van der Waals surface area (Å²) < 4.78 is 0. The quantitative estimate of drug-likeness (QED) is 0.818. The number of benzene rings is 2. The van der Waals surface area contributed by atoms with Crippen LogP contribution in [0.3, 0.4) is 0 Å². The molecule has 1 N–H and O–H groups in total. The van der Waals surface area contributed by atoms with Gasteiger partial charge in [-0.1, -0.05) is 48.0 Å². The van der Waals surface area contributed by atoms with Crippen LogP contribution < -0.4 is 5.32 Å². The summed E-state index contributed by atoms with van der Waals surface area (Å²) in [5, 5.41) is 2.95. The van der Waals surface area contributed by atoms with Crippen LogP contribution in [0.4, 0.5) is 5.69 Å². The minimum atomic E-state index is -0.121. The lowest BCUT2D eigenvalue weighted by atomic mass is 10.1. The Hall–Kier alpha value is -2.66. The van der Waals surface area contributed by atoms with Gasteiger partial charge in [0.1, 0.15) is 0 Å². The topological polar surface area (TPSA) is 52.7 Å². The first-order chi connectivity index (χ1) is 12.8. The van der Waals surface area contributed by atoms with E-state index in [1.807, 2.05) is 63.2 Å². The Kier molecular flexibility index (Phi) is 7.13. The van der Waals surface area contributed by atoms with E-state index in [-0.39, 0.29) is 24.9 Å². The van der Waals surface area contributed by atoms with E-state index in [0.29, 0.717) is 6.54 Å². The Labute approximate surface area is 162 Å². The molecule has 0 saturated heterocycles. The molecule has 2 aromatic carbocycles. The second-order valence-electron chi connectivity index (χ2n) is 7.22. The molecule has 2 aromatic rings. The second-order valence-corrected chi connectivity index (χ2v) is 7.22. The molecule has 0 aliphatic carbocycles. The van der Waals surface area contributed by atoms with E-state index in [1.165, 1.54) is 5.56 Å². The van der Waals surface area contributed by atoms with Crippen molar-refractivity contribution in [1.29, 1.82) is 0 Å². The molecule has 0 aliphatic rings. The molecular formula is C22H29N3O2. The van der Waals surface area contributed by atoms with Gasteiger partial charge in [0, 0.05) is 19.3 Å².